The van der Waals surface area contributed by atoms with Crippen LogP contribution in [0.3, 0.4) is 0 Å². The van der Waals surface area contributed by atoms with E-state index in [0.717, 1.165) is 5.39 Å². The molecule has 114 valence electrons. The monoisotopic (exact) mass is 310 g/mol. The summed E-state index contributed by atoms with van der Waals surface area (Å²) in [7, 11) is 0. The fourth-order valence-corrected chi connectivity index (χ4v) is 3.11. The van der Waals surface area contributed by atoms with E-state index in [1.54, 1.807) is 6.07 Å². The standard InChI is InChI=1S/C16H19ClO4/c1-2-20-16(5-7-19-8-6-16)15(18)14-10-11-9-12(17)3-4-13(11)21-14/h3-4,9-10,15,18H,2,5-8H2,1H3. The van der Waals surface area contributed by atoms with Crippen molar-refractivity contribution in [3.05, 3.63) is 35.0 Å². The van der Waals surface area contributed by atoms with Crippen LogP contribution in [0, 0.1) is 0 Å². The Hall–Kier alpha value is -1.07. The predicted molar refractivity (Wildman–Crippen MR) is 80.6 cm³/mol. The SMILES string of the molecule is CCOC1(C(O)c2cc3cc(Cl)ccc3o2)CCOCC1. The Balaban J connectivity index is 1.95. The quantitative estimate of drug-likeness (QED) is 0.935. The molecule has 2 aromatic rings. The van der Waals surface area contributed by atoms with Gasteiger partial charge in [0, 0.05) is 43.1 Å². The van der Waals surface area contributed by atoms with Gasteiger partial charge in [-0.2, -0.15) is 0 Å². The lowest BCUT2D eigenvalue weighted by molar-refractivity contribution is -0.172. The largest absolute Gasteiger partial charge is 0.458 e. The highest BCUT2D eigenvalue weighted by Gasteiger charge is 2.42. The zero-order valence-electron chi connectivity index (χ0n) is 12.0. The highest BCUT2D eigenvalue weighted by Crippen LogP contribution is 2.39. The van der Waals surface area contributed by atoms with Crippen LogP contribution in [0.2, 0.25) is 5.02 Å². The highest BCUT2D eigenvalue weighted by molar-refractivity contribution is 6.31. The van der Waals surface area contributed by atoms with E-state index in [1.165, 1.54) is 0 Å². The molecule has 1 aliphatic heterocycles. The molecule has 1 aromatic carbocycles. The first-order chi connectivity index (χ1) is 10.1. The minimum Gasteiger partial charge on any atom is -0.458 e. The molecule has 0 aliphatic carbocycles. The Morgan fingerprint density at radius 3 is 2.81 bits per heavy atom. The van der Waals surface area contributed by atoms with Gasteiger partial charge in [0.15, 0.2) is 0 Å². The molecule has 4 nitrogen and oxygen atoms in total. The second-order valence-electron chi connectivity index (χ2n) is 5.34. The van der Waals surface area contributed by atoms with Crippen LogP contribution in [0.25, 0.3) is 11.0 Å². The fraction of sp³-hybridized carbons (Fsp3) is 0.500. The maximum atomic E-state index is 10.8. The average molecular weight is 311 g/mol. The molecule has 5 heteroatoms. The van der Waals surface area contributed by atoms with Crippen LogP contribution in [-0.2, 0) is 9.47 Å². The van der Waals surface area contributed by atoms with Gasteiger partial charge in [-0.05, 0) is 31.2 Å². The van der Waals surface area contributed by atoms with Gasteiger partial charge in [0.2, 0.25) is 0 Å². The Labute approximate surface area is 128 Å². The minimum absolute atomic E-state index is 0.516. The lowest BCUT2D eigenvalue weighted by Gasteiger charge is -2.39. The Morgan fingerprint density at radius 1 is 1.33 bits per heavy atom. The van der Waals surface area contributed by atoms with Crippen molar-refractivity contribution in [3.8, 4) is 0 Å². The van der Waals surface area contributed by atoms with Gasteiger partial charge in [-0.3, -0.25) is 0 Å². The summed E-state index contributed by atoms with van der Waals surface area (Å²) in [5, 5.41) is 12.3. The van der Waals surface area contributed by atoms with Crippen LogP contribution in [0.15, 0.2) is 28.7 Å². The molecule has 1 fully saturated rings. The predicted octanol–water partition coefficient (Wildman–Crippen LogP) is 3.71. The van der Waals surface area contributed by atoms with Crippen LogP contribution in [0.5, 0.6) is 0 Å². The summed E-state index contributed by atoms with van der Waals surface area (Å²) in [5.41, 5.74) is 0.0807. The van der Waals surface area contributed by atoms with E-state index in [0.29, 0.717) is 49.0 Å². The summed E-state index contributed by atoms with van der Waals surface area (Å²) >= 11 is 5.99. The molecule has 1 saturated heterocycles. The number of ether oxygens (including phenoxy) is 2. The number of rotatable bonds is 4. The second-order valence-corrected chi connectivity index (χ2v) is 5.78. The van der Waals surface area contributed by atoms with Gasteiger partial charge in [0.25, 0.3) is 0 Å². The van der Waals surface area contributed by atoms with Gasteiger partial charge < -0.3 is 19.0 Å². The van der Waals surface area contributed by atoms with Crippen molar-refractivity contribution < 1.29 is 19.0 Å². The van der Waals surface area contributed by atoms with Gasteiger partial charge in [-0.15, -0.1) is 0 Å². The van der Waals surface area contributed by atoms with E-state index < -0.39 is 11.7 Å². The first-order valence-electron chi connectivity index (χ1n) is 7.23. The normalized spacial score (nSPS) is 19.8. The van der Waals surface area contributed by atoms with Crippen LogP contribution < -0.4 is 0 Å². The van der Waals surface area contributed by atoms with Gasteiger partial charge in [0.1, 0.15) is 23.0 Å². The second kappa shape index (κ2) is 5.97. The smallest absolute Gasteiger partial charge is 0.141 e. The van der Waals surface area contributed by atoms with E-state index in [9.17, 15) is 5.11 Å². The van der Waals surface area contributed by atoms with E-state index in [1.807, 2.05) is 25.1 Å². The molecule has 1 aromatic heterocycles. The van der Waals surface area contributed by atoms with Gasteiger partial charge in [-0.1, -0.05) is 11.6 Å². The molecular formula is C16H19ClO4. The van der Waals surface area contributed by atoms with E-state index in [2.05, 4.69) is 0 Å². The van der Waals surface area contributed by atoms with Gasteiger partial charge in [-0.25, -0.2) is 0 Å². The molecule has 0 bridgehead atoms. The summed E-state index contributed by atoms with van der Waals surface area (Å²) in [4.78, 5) is 0. The minimum atomic E-state index is -0.812. The summed E-state index contributed by atoms with van der Waals surface area (Å²) < 4.78 is 17.1. The molecule has 1 unspecified atom stereocenters. The van der Waals surface area contributed by atoms with Crippen molar-refractivity contribution in [1.82, 2.24) is 0 Å². The Morgan fingerprint density at radius 2 is 2.10 bits per heavy atom. The highest BCUT2D eigenvalue weighted by atomic mass is 35.5. The molecule has 3 rings (SSSR count). The molecule has 1 atom stereocenters. The third-order valence-electron chi connectivity index (χ3n) is 4.04. The van der Waals surface area contributed by atoms with E-state index in [4.69, 9.17) is 25.5 Å². The zero-order valence-corrected chi connectivity index (χ0v) is 12.7. The molecular weight excluding hydrogens is 292 g/mol. The number of halogens is 1. The number of benzene rings is 1. The first kappa shape index (κ1) is 14.9. The molecule has 2 heterocycles. The molecule has 1 N–H and O–H groups in total. The van der Waals surface area contributed by atoms with Crippen molar-refractivity contribution in [2.45, 2.75) is 31.5 Å². The van der Waals surface area contributed by atoms with Crippen molar-refractivity contribution in [3.63, 3.8) is 0 Å². The topological polar surface area (TPSA) is 51.8 Å². The maximum absolute atomic E-state index is 10.8. The summed E-state index contributed by atoms with van der Waals surface area (Å²) in [6, 6.07) is 7.25. The summed E-state index contributed by atoms with van der Waals surface area (Å²) in [6.07, 6.45) is 0.493. The van der Waals surface area contributed by atoms with Crippen molar-refractivity contribution >= 4 is 22.6 Å². The van der Waals surface area contributed by atoms with Crippen molar-refractivity contribution in [1.29, 1.82) is 0 Å². The zero-order chi connectivity index (χ0) is 14.9. The Bertz CT molecular complexity index is 610. The lowest BCUT2D eigenvalue weighted by Crippen LogP contribution is -2.44. The molecule has 1 aliphatic rings. The van der Waals surface area contributed by atoms with Crippen LogP contribution in [-0.4, -0.2) is 30.5 Å². The number of aliphatic hydroxyl groups excluding tert-OH is 1. The van der Waals surface area contributed by atoms with Gasteiger partial charge >= 0.3 is 0 Å². The summed E-state index contributed by atoms with van der Waals surface area (Å²) in [5.74, 6) is 0.516. The molecule has 0 spiro atoms. The fourth-order valence-electron chi connectivity index (χ4n) is 2.93. The number of aliphatic hydroxyl groups is 1. The molecule has 0 amide bonds. The lowest BCUT2D eigenvalue weighted by atomic mass is 9.86. The number of hydrogen-bond acceptors (Lipinski definition) is 4. The van der Waals surface area contributed by atoms with Gasteiger partial charge in [0.05, 0.1) is 0 Å². The van der Waals surface area contributed by atoms with Crippen molar-refractivity contribution in [2.75, 3.05) is 19.8 Å². The summed E-state index contributed by atoms with van der Waals surface area (Å²) in [6.45, 7) is 3.65. The number of hydrogen-bond donors (Lipinski definition) is 1. The molecule has 0 radical (unpaired) electrons. The maximum Gasteiger partial charge on any atom is 0.141 e. The third kappa shape index (κ3) is 2.81. The van der Waals surface area contributed by atoms with Crippen molar-refractivity contribution in [2.24, 2.45) is 0 Å². The van der Waals surface area contributed by atoms with Crippen LogP contribution >= 0.6 is 11.6 Å². The van der Waals surface area contributed by atoms with Crippen LogP contribution in [0.1, 0.15) is 31.6 Å². The number of furan rings is 1. The molecule has 0 saturated carbocycles. The first-order valence-corrected chi connectivity index (χ1v) is 7.61. The van der Waals surface area contributed by atoms with Crippen LogP contribution in [0.4, 0.5) is 0 Å². The number of fused-ring (bicyclic) bond motifs is 1. The van der Waals surface area contributed by atoms with E-state index >= 15 is 0 Å². The Kier molecular flexibility index (Phi) is 4.22. The van der Waals surface area contributed by atoms with E-state index in [-0.39, 0.29) is 0 Å². The average Bonchev–Trinajstić information content (AvgIpc) is 2.90. The third-order valence-corrected chi connectivity index (χ3v) is 4.27. The molecule has 21 heavy (non-hydrogen) atoms.